The number of phosphoric ester groups is 2. The van der Waals surface area contributed by atoms with Crippen LogP contribution in [0.25, 0.3) is 0 Å². The summed E-state index contributed by atoms with van der Waals surface area (Å²) in [5.41, 5.74) is -0.0872. The number of ether oxygens (including phenoxy) is 2. The molecule has 0 bridgehead atoms. The van der Waals surface area contributed by atoms with Gasteiger partial charge in [0.15, 0.2) is 5.78 Å². The lowest BCUT2D eigenvalue weighted by Gasteiger charge is -2.24. The van der Waals surface area contributed by atoms with Crippen LogP contribution in [0.15, 0.2) is 24.3 Å². The number of benzene rings is 1. The van der Waals surface area contributed by atoms with Gasteiger partial charge in [-0.3, -0.25) is 13.8 Å². The first-order chi connectivity index (χ1) is 13.3. The monoisotopic (exact) mass is 450 g/mol. The topological polar surface area (TPSA) is 186 Å². The van der Waals surface area contributed by atoms with Gasteiger partial charge in [0.25, 0.3) is 0 Å². The van der Waals surface area contributed by atoms with Crippen LogP contribution in [0.1, 0.15) is 27.6 Å². The lowest BCUT2D eigenvalue weighted by Crippen LogP contribution is -2.40. The van der Waals surface area contributed by atoms with Crippen LogP contribution in [0.3, 0.4) is 0 Å². The highest BCUT2D eigenvalue weighted by atomic mass is 31.2. The van der Waals surface area contributed by atoms with Crippen molar-refractivity contribution in [1.29, 1.82) is 0 Å². The minimum Gasteiger partial charge on any atom is -0.454 e. The Kier molecular flexibility index (Phi) is 7.55. The zero-order valence-electron chi connectivity index (χ0n) is 14.9. The van der Waals surface area contributed by atoms with Crippen molar-refractivity contribution < 1.29 is 56.8 Å². The quantitative estimate of drug-likeness (QED) is 0.179. The predicted molar refractivity (Wildman–Crippen MR) is 95.0 cm³/mol. The standard InChI is InChI=1S/C14H17BO12P2/c1-7(16)8-4-2-3-5-9(8)14(17)26-12-11(27-29(21,22)23)10(25-13(12)15)6-24-28(18,19)20/h2-5,10-13H,6H2,1H3,(H2,18,19,20)(H2,21,22,23)/t10-,11?,12+,13-/m1/s1. The molecule has 1 saturated heterocycles. The molecule has 1 aliphatic heterocycles. The lowest BCUT2D eigenvalue weighted by molar-refractivity contribution is -0.0170. The number of ketones is 1. The van der Waals surface area contributed by atoms with Gasteiger partial charge in [-0.25, -0.2) is 13.9 Å². The number of carbonyl (C=O) groups excluding carboxylic acids is 2. The molecule has 2 rings (SSSR count). The fourth-order valence-electron chi connectivity index (χ4n) is 2.64. The Labute approximate surface area is 166 Å². The van der Waals surface area contributed by atoms with Gasteiger partial charge in [-0.1, -0.05) is 18.2 Å². The van der Waals surface area contributed by atoms with Crippen LogP contribution in [0.2, 0.25) is 0 Å². The molecule has 15 heteroatoms. The number of carbonyl (C=O) groups is 2. The molecule has 1 aromatic rings. The van der Waals surface area contributed by atoms with Gasteiger partial charge in [-0.05, 0) is 13.0 Å². The number of rotatable bonds is 8. The lowest BCUT2D eigenvalue weighted by atomic mass is 9.92. The van der Waals surface area contributed by atoms with Crippen molar-refractivity contribution in [3.8, 4) is 0 Å². The van der Waals surface area contributed by atoms with Gasteiger partial charge in [0, 0.05) is 5.56 Å². The van der Waals surface area contributed by atoms with Crippen LogP contribution in [0.5, 0.6) is 0 Å². The summed E-state index contributed by atoms with van der Waals surface area (Å²) in [6, 6.07) is 4.20. The molecule has 0 aromatic heterocycles. The highest BCUT2D eigenvalue weighted by Gasteiger charge is 2.49. The fraction of sp³-hybridized carbons (Fsp3) is 0.429. The van der Waals surface area contributed by atoms with Gasteiger partial charge >= 0.3 is 21.6 Å². The van der Waals surface area contributed by atoms with Crippen molar-refractivity contribution in [3.63, 3.8) is 0 Å². The van der Waals surface area contributed by atoms with Crippen molar-refractivity contribution in [2.45, 2.75) is 31.2 Å². The summed E-state index contributed by atoms with van der Waals surface area (Å²) in [5, 5.41) is 0. The third-order valence-corrected chi connectivity index (χ3v) is 4.78. The summed E-state index contributed by atoms with van der Waals surface area (Å²) in [6.07, 6.45) is -4.78. The average molecular weight is 450 g/mol. The van der Waals surface area contributed by atoms with Gasteiger partial charge in [-0.2, -0.15) is 0 Å². The van der Waals surface area contributed by atoms with E-state index in [0.717, 1.165) is 0 Å². The molecule has 1 aliphatic rings. The zero-order chi connectivity index (χ0) is 22.0. The van der Waals surface area contributed by atoms with E-state index in [-0.39, 0.29) is 11.1 Å². The molecule has 0 aliphatic carbocycles. The van der Waals surface area contributed by atoms with Crippen molar-refractivity contribution >= 4 is 35.2 Å². The van der Waals surface area contributed by atoms with Crippen LogP contribution in [-0.4, -0.2) is 70.1 Å². The molecular formula is C14H17BO12P2. The molecule has 1 unspecified atom stereocenters. The maximum Gasteiger partial charge on any atom is 0.470 e. The first-order valence-electron chi connectivity index (χ1n) is 7.94. The fourth-order valence-corrected chi connectivity index (χ4v) is 3.55. The molecule has 158 valence electrons. The SMILES string of the molecule is [B][C@@H]1O[C@H](COP(=O)(O)O)C(OP(=O)(O)O)[C@@H]1OC(=O)c1ccccc1C(C)=O. The molecule has 1 aromatic carbocycles. The van der Waals surface area contributed by atoms with E-state index in [2.05, 4.69) is 9.05 Å². The second kappa shape index (κ2) is 9.17. The van der Waals surface area contributed by atoms with Gasteiger partial charge in [0.05, 0.1) is 18.2 Å². The minimum atomic E-state index is -5.15. The highest BCUT2D eigenvalue weighted by molar-refractivity contribution is 7.46. The van der Waals surface area contributed by atoms with Gasteiger partial charge in [0.2, 0.25) is 0 Å². The normalized spacial score (nSPS) is 25.0. The van der Waals surface area contributed by atoms with E-state index in [0.29, 0.717) is 0 Å². The van der Waals surface area contributed by atoms with Crippen molar-refractivity contribution in [1.82, 2.24) is 0 Å². The second-order valence-electron chi connectivity index (χ2n) is 5.96. The van der Waals surface area contributed by atoms with Gasteiger partial charge < -0.3 is 29.0 Å². The van der Waals surface area contributed by atoms with Crippen molar-refractivity contribution in [3.05, 3.63) is 35.4 Å². The summed E-state index contributed by atoms with van der Waals surface area (Å²) >= 11 is 0. The van der Waals surface area contributed by atoms with Crippen LogP contribution < -0.4 is 0 Å². The zero-order valence-corrected chi connectivity index (χ0v) is 16.6. The van der Waals surface area contributed by atoms with Crippen LogP contribution in [0, 0.1) is 0 Å². The largest absolute Gasteiger partial charge is 0.470 e. The van der Waals surface area contributed by atoms with Crippen molar-refractivity contribution in [2.75, 3.05) is 6.61 Å². The van der Waals surface area contributed by atoms with E-state index in [1.54, 1.807) is 0 Å². The summed E-state index contributed by atoms with van der Waals surface area (Å²) in [4.78, 5) is 60.0. The van der Waals surface area contributed by atoms with Crippen LogP contribution in [-0.2, 0) is 27.7 Å². The third-order valence-electron chi connectivity index (χ3n) is 3.78. The summed E-state index contributed by atoms with van der Waals surface area (Å²) < 4.78 is 41.3. The minimum absolute atomic E-state index is 0.0406. The first kappa shape index (κ1) is 23.9. The second-order valence-corrected chi connectivity index (χ2v) is 8.39. The smallest absolute Gasteiger partial charge is 0.454 e. The van der Waals surface area contributed by atoms with E-state index < -0.39 is 58.3 Å². The van der Waals surface area contributed by atoms with Gasteiger partial charge in [-0.15, -0.1) is 0 Å². The summed E-state index contributed by atoms with van der Waals surface area (Å²) in [7, 11) is -4.40. The predicted octanol–water partition coefficient (Wildman–Crippen LogP) is -0.105. The Morgan fingerprint density at radius 2 is 1.66 bits per heavy atom. The Morgan fingerprint density at radius 1 is 1.07 bits per heavy atom. The Morgan fingerprint density at radius 3 is 2.17 bits per heavy atom. The van der Waals surface area contributed by atoms with E-state index in [4.69, 9.17) is 36.9 Å². The van der Waals surface area contributed by atoms with Crippen LogP contribution in [0.4, 0.5) is 0 Å². The first-order valence-corrected chi connectivity index (χ1v) is 11.0. The van der Waals surface area contributed by atoms with E-state index in [9.17, 15) is 18.7 Å². The number of Topliss-reactive ketones (excluding diaryl/α,β-unsaturated/α-hetero) is 1. The Hall–Kier alpha value is -1.40. The number of phosphoric acid groups is 2. The maximum absolute atomic E-state index is 12.5. The van der Waals surface area contributed by atoms with E-state index >= 15 is 0 Å². The number of hydrogen-bond acceptors (Lipinski definition) is 8. The van der Waals surface area contributed by atoms with Crippen LogP contribution >= 0.6 is 15.6 Å². The van der Waals surface area contributed by atoms with E-state index in [1.807, 2.05) is 0 Å². The number of esters is 1. The molecule has 4 atom stereocenters. The van der Waals surface area contributed by atoms with E-state index in [1.165, 1.54) is 31.2 Å². The number of hydrogen-bond donors (Lipinski definition) is 4. The average Bonchev–Trinajstić information content (AvgIpc) is 2.86. The summed E-state index contributed by atoms with van der Waals surface area (Å²) in [6.45, 7) is 0.367. The van der Waals surface area contributed by atoms with Gasteiger partial charge in [0.1, 0.15) is 26.2 Å². The molecule has 0 amide bonds. The molecule has 1 fully saturated rings. The molecule has 29 heavy (non-hydrogen) atoms. The third kappa shape index (κ3) is 6.82. The van der Waals surface area contributed by atoms with Crippen molar-refractivity contribution in [2.24, 2.45) is 0 Å². The summed E-state index contributed by atoms with van der Waals surface area (Å²) in [5.74, 6) is -1.48. The molecule has 12 nitrogen and oxygen atoms in total. The highest BCUT2D eigenvalue weighted by Crippen LogP contribution is 2.44. The molecule has 0 spiro atoms. The maximum atomic E-state index is 12.5. The molecule has 1 heterocycles. The molecular weight excluding hydrogens is 433 g/mol. The molecule has 4 N–H and O–H groups in total. The molecule has 0 saturated carbocycles. The Bertz CT molecular complexity index is 864. The Balaban J connectivity index is 2.26. The molecule has 2 radical (unpaired) electrons.